The van der Waals surface area contributed by atoms with Crippen LogP contribution in [0.4, 0.5) is 0 Å². The Morgan fingerprint density at radius 2 is 0.859 bits per heavy atom. The Morgan fingerprint density at radius 3 is 1.45 bits per heavy atom. The molecule has 0 aromatic rings. The minimum absolute atomic E-state index is 0.00461. The zero-order valence-electron chi connectivity index (χ0n) is 42.8. The van der Waals surface area contributed by atoms with Gasteiger partial charge in [0.05, 0.1) is 26.4 Å². The van der Waals surface area contributed by atoms with E-state index in [4.69, 9.17) is 28.4 Å². The standard InChI is InChI=1S/C54H106N2O8/c1-5-8-11-14-18-24-33-52(34-25-19-15-12-9-6-2)64-54(58)35-26-20-17-22-30-46-63-53(49-61-44-27-21-16-13-10-7-3)50-62-48-47-60-43-29-23-28-42-59-45-31-32-51(57)36-37-56-40-38-55(4)39-41-56/h52-53H,5-50H2,1-4H3. The second-order valence-corrected chi connectivity index (χ2v) is 19.0. The van der Waals surface area contributed by atoms with Gasteiger partial charge in [0.2, 0.25) is 0 Å². The van der Waals surface area contributed by atoms with E-state index >= 15 is 0 Å². The zero-order valence-corrected chi connectivity index (χ0v) is 42.8. The molecule has 10 heteroatoms. The van der Waals surface area contributed by atoms with Gasteiger partial charge in [-0.15, -0.1) is 0 Å². The molecule has 0 spiro atoms. The van der Waals surface area contributed by atoms with Crippen molar-refractivity contribution < 1.29 is 38.0 Å². The van der Waals surface area contributed by atoms with Crippen molar-refractivity contribution in [2.24, 2.45) is 0 Å². The fraction of sp³-hybridized carbons (Fsp3) is 0.963. The van der Waals surface area contributed by atoms with Crippen LogP contribution < -0.4 is 0 Å². The first-order chi connectivity index (χ1) is 31.5. The van der Waals surface area contributed by atoms with Gasteiger partial charge < -0.3 is 38.2 Å². The number of unbranched alkanes of at least 4 members (excludes halogenated alkanes) is 21. The van der Waals surface area contributed by atoms with Crippen LogP contribution in [-0.4, -0.2) is 133 Å². The highest BCUT2D eigenvalue weighted by atomic mass is 16.6. The molecular formula is C54H106N2O8. The van der Waals surface area contributed by atoms with Crippen molar-refractivity contribution in [3.05, 3.63) is 0 Å². The summed E-state index contributed by atoms with van der Waals surface area (Å²) in [7, 11) is 2.16. The topological polar surface area (TPSA) is 96.0 Å². The first kappa shape index (κ1) is 60.9. The van der Waals surface area contributed by atoms with Crippen LogP contribution in [0.1, 0.15) is 226 Å². The van der Waals surface area contributed by atoms with E-state index in [1.807, 2.05) is 0 Å². The normalized spacial score (nSPS) is 14.2. The van der Waals surface area contributed by atoms with E-state index in [0.29, 0.717) is 64.7 Å². The monoisotopic (exact) mass is 911 g/mol. The van der Waals surface area contributed by atoms with E-state index in [0.717, 1.165) is 130 Å². The van der Waals surface area contributed by atoms with Crippen LogP contribution in [0.2, 0.25) is 0 Å². The molecule has 1 atom stereocenters. The van der Waals surface area contributed by atoms with Crippen LogP contribution in [0.15, 0.2) is 0 Å². The number of piperazine rings is 1. The molecule has 10 nitrogen and oxygen atoms in total. The van der Waals surface area contributed by atoms with Gasteiger partial charge in [0.15, 0.2) is 0 Å². The molecule has 1 aliphatic heterocycles. The lowest BCUT2D eigenvalue weighted by Crippen LogP contribution is -2.45. The largest absolute Gasteiger partial charge is 0.462 e. The summed E-state index contributed by atoms with van der Waals surface area (Å²) in [5.74, 6) is 0.364. The molecule has 0 bridgehead atoms. The quantitative estimate of drug-likeness (QED) is 0.0434. The number of Topliss-reactive ketones (excluding diaryl/α,β-unsaturated/α-hetero) is 1. The second-order valence-electron chi connectivity index (χ2n) is 19.0. The summed E-state index contributed by atoms with van der Waals surface area (Å²) in [5, 5.41) is 0. The average molecular weight is 911 g/mol. The van der Waals surface area contributed by atoms with Crippen molar-refractivity contribution in [1.82, 2.24) is 9.80 Å². The highest BCUT2D eigenvalue weighted by molar-refractivity contribution is 5.78. The van der Waals surface area contributed by atoms with E-state index in [1.165, 1.54) is 109 Å². The second kappa shape index (κ2) is 48.3. The van der Waals surface area contributed by atoms with Crippen molar-refractivity contribution >= 4 is 11.8 Å². The van der Waals surface area contributed by atoms with E-state index in [2.05, 4.69) is 37.6 Å². The molecule has 0 saturated carbocycles. The number of likely N-dealkylation sites (N-methyl/N-ethyl adjacent to an activating group) is 1. The summed E-state index contributed by atoms with van der Waals surface area (Å²) in [6, 6.07) is 0. The van der Waals surface area contributed by atoms with Crippen molar-refractivity contribution in [2.75, 3.05) is 99.2 Å². The first-order valence-electron chi connectivity index (χ1n) is 27.5. The van der Waals surface area contributed by atoms with Gasteiger partial charge in [-0.2, -0.15) is 0 Å². The molecule has 0 radical (unpaired) electrons. The summed E-state index contributed by atoms with van der Waals surface area (Å²) in [6.07, 6.45) is 35.9. The number of carbonyl (C=O) groups excluding carboxylic acids is 2. The lowest BCUT2D eigenvalue weighted by Gasteiger charge is -2.32. The molecule has 0 aliphatic carbocycles. The molecule has 1 rings (SSSR count). The van der Waals surface area contributed by atoms with Crippen LogP contribution in [0.5, 0.6) is 0 Å². The molecule has 380 valence electrons. The zero-order chi connectivity index (χ0) is 46.2. The number of ketones is 1. The Labute approximate surface area is 396 Å². The highest BCUT2D eigenvalue weighted by Gasteiger charge is 2.16. The van der Waals surface area contributed by atoms with Gasteiger partial charge in [-0.3, -0.25) is 9.59 Å². The van der Waals surface area contributed by atoms with Crippen molar-refractivity contribution in [3.63, 3.8) is 0 Å². The van der Waals surface area contributed by atoms with E-state index < -0.39 is 0 Å². The van der Waals surface area contributed by atoms with Crippen LogP contribution in [-0.2, 0) is 38.0 Å². The predicted octanol–water partition coefficient (Wildman–Crippen LogP) is 12.7. The summed E-state index contributed by atoms with van der Waals surface area (Å²) in [6.45, 7) is 17.8. The summed E-state index contributed by atoms with van der Waals surface area (Å²) < 4.78 is 36.0. The smallest absolute Gasteiger partial charge is 0.306 e. The third-order valence-corrected chi connectivity index (χ3v) is 12.7. The molecule has 1 unspecified atom stereocenters. The number of esters is 1. The van der Waals surface area contributed by atoms with Crippen LogP contribution in [0, 0.1) is 0 Å². The molecule has 1 aliphatic rings. The van der Waals surface area contributed by atoms with Gasteiger partial charge in [0.1, 0.15) is 18.0 Å². The molecule has 1 fully saturated rings. The van der Waals surface area contributed by atoms with Gasteiger partial charge >= 0.3 is 5.97 Å². The highest BCUT2D eigenvalue weighted by Crippen LogP contribution is 2.18. The van der Waals surface area contributed by atoms with Gasteiger partial charge in [0.25, 0.3) is 0 Å². The fourth-order valence-corrected chi connectivity index (χ4v) is 8.28. The summed E-state index contributed by atoms with van der Waals surface area (Å²) in [4.78, 5) is 29.8. The molecule has 0 aromatic heterocycles. The Balaban J connectivity index is 2.17. The number of carbonyl (C=O) groups is 2. The Bertz CT molecular complexity index is 965. The fourth-order valence-electron chi connectivity index (χ4n) is 8.28. The van der Waals surface area contributed by atoms with Gasteiger partial charge in [-0.1, -0.05) is 136 Å². The maximum Gasteiger partial charge on any atom is 0.306 e. The molecule has 0 N–H and O–H groups in total. The lowest BCUT2D eigenvalue weighted by atomic mass is 10.0. The van der Waals surface area contributed by atoms with Crippen molar-refractivity contribution in [2.45, 2.75) is 238 Å². The van der Waals surface area contributed by atoms with E-state index in [9.17, 15) is 9.59 Å². The number of nitrogens with zero attached hydrogens (tertiary/aromatic N) is 2. The van der Waals surface area contributed by atoms with Crippen LogP contribution in [0.3, 0.4) is 0 Å². The third kappa shape index (κ3) is 42.2. The lowest BCUT2D eigenvalue weighted by molar-refractivity contribution is -0.150. The average Bonchev–Trinajstić information content (AvgIpc) is 3.29. The number of rotatable bonds is 51. The van der Waals surface area contributed by atoms with Gasteiger partial charge in [0, 0.05) is 85.0 Å². The maximum atomic E-state index is 12.8. The summed E-state index contributed by atoms with van der Waals surface area (Å²) in [5.41, 5.74) is 0. The minimum atomic E-state index is -0.0734. The molecule has 1 saturated heterocycles. The van der Waals surface area contributed by atoms with E-state index in [1.54, 1.807) is 0 Å². The predicted molar refractivity (Wildman–Crippen MR) is 267 cm³/mol. The molecule has 0 aromatic carbocycles. The third-order valence-electron chi connectivity index (χ3n) is 12.7. The van der Waals surface area contributed by atoms with E-state index in [-0.39, 0.29) is 18.2 Å². The maximum absolute atomic E-state index is 12.8. The molecule has 0 amide bonds. The Kier molecular flexibility index (Phi) is 46.0. The van der Waals surface area contributed by atoms with Gasteiger partial charge in [-0.25, -0.2) is 0 Å². The first-order valence-corrected chi connectivity index (χ1v) is 27.5. The number of ether oxygens (including phenoxy) is 6. The number of hydrogen-bond acceptors (Lipinski definition) is 10. The van der Waals surface area contributed by atoms with Gasteiger partial charge in [-0.05, 0) is 77.7 Å². The molecule has 64 heavy (non-hydrogen) atoms. The molecule has 1 heterocycles. The van der Waals surface area contributed by atoms with Crippen molar-refractivity contribution in [3.8, 4) is 0 Å². The van der Waals surface area contributed by atoms with Crippen LogP contribution in [0.25, 0.3) is 0 Å². The SMILES string of the molecule is CCCCCCCCOCC(COCCOCCCCCOCCCC(=O)CCN1CCN(C)CC1)OCCCCCCCC(=O)OC(CCCCCCCC)CCCCCCCC. The molecular weight excluding hydrogens is 805 g/mol. The number of hydrogen-bond donors (Lipinski definition) is 0. The minimum Gasteiger partial charge on any atom is -0.462 e. The Morgan fingerprint density at radius 1 is 0.422 bits per heavy atom. The Hall–Kier alpha value is -1.14. The van der Waals surface area contributed by atoms with Crippen molar-refractivity contribution in [1.29, 1.82) is 0 Å². The summed E-state index contributed by atoms with van der Waals surface area (Å²) >= 11 is 0. The van der Waals surface area contributed by atoms with Crippen LogP contribution >= 0.6 is 0 Å².